The van der Waals surface area contributed by atoms with Gasteiger partial charge in [0.2, 0.25) is 0 Å². The van der Waals surface area contributed by atoms with Gasteiger partial charge in [-0.2, -0.15) is 0 Å². The third-order valence-electron chi connectivity index (χ3n) is 5.52. The Labute approximate surface area is 142 Å². The van der Waals surface area contributed by atoms with E-state index >= 15 is 0 Å². The summed E-state index contributed by atoms with van der Waals surface area (Å²) in [6.45, 7) is 8.17. The fourth-order valence-corrected chi connectivity index (χ4v) is 4.59. The molecule has 2 heterocycles. The van der Waals surface area contributed by atoms with Crippen LogP contribution in [0.4, 0.5) is 9.59 Å². The highest BCUT2D eigenvalue weighted by Gasteiger charge is 2.48. The zero-order valence-corrected chi connectivity index (χ0v) is 14.8. The minimum atomic E-state index is -0.764. The number of imide groups is 1. The Hall–Kier alpha value is -1.79. The average molecular weight is 336 g/mol. The van der Waals surface area contributed by atoms with E-state index in [0.717, 1.165) is 19.5 Å². The Morgan fingerprint density at radius 3 is 2.46 bits per heavy atom. The lowest BCUT2D eigenvalue weighted by Crippen LogP contribution is -2.56. The van der Waals surface area contributed by atoms with Crippen molar-refractivity contribution in [2.75, 3.05) is 13.1 Å². The Balaban J connectivity index is 1.54. The predicted molar refractivity (Wildman–Crippen MR) is 89.3 cm³/mol. The van der Waals surface area contributed by atoms with Gasteiger partial charge >= 0.3 is 12.1 Å². The van der Waals surface area contributed by atoms with Crippen LogP contribution >= 0.6 is 0 Å². The standard InChI is InChI=1S/C17H28N4O3/c1-11-8-16(2,3)10-21(9-11)15(24)18-12-4-6-17(7-5-12)13(22)19-14(23)20-17/h11-12H,4-10H2,1-3H3,(H,18,24)(H2,19,20,22,23). The van der Waals surface area contributed by atoms with E-state index < -0.39 is 11.6 Å². The Kier molecular flexibility index (Phi) is 4.21. The Morgan fingerprint density at radius 1 is 1.25 bits per heavy atom. The molecule has 24 heavy (non-hydrogen) atoms. The molecule has 0 aromatic heterocycles. The first-order valence-electron chi connectivity index (χ1n) is 8.88. The van der Waals surface area contributed by atoms with Gasteiger partial charge in [-0.25, -0.2) is 9.59 Å². The highest BCUT2D eigenvalue weighted by Crippen LogP contribution is 2.33. The van der Waals surface area contributed by atoms with Crippen molar-refractivity contribution in [1.82, 2.24) is 20.9 Å². The summed E-state index contributed by atoms with van der Waals surface area (Å²) in [7, 11) is 0. The predicted octanol–water partition coefficient (Wildman–Crippen LogP) is 1.58. The van der Waals surface area contributed by atoms with Crippen LogP contribution in [0.5, 0.6) is 0 Å². The fraction of sp³-hybridized carbons (Fsp3) is 0.824. The molecule has 1 saturated carbocycles. The lowest BCUT2D eigenvalue weighted by Gasteiger charge is -2.42. The number of carbonyl (C=O) groups is 3. The number of nitrogens with zero attached hydrogens (tertiary/aromatic N) is 1. The van der Waals surface area contributed by atoms with Crippen molar-refractivity contribution in [2.24, 2.45) is 11.3 Å². The molecule has 1 atom stereocenters. The number of piperidine rings is 1. The zero-order valence-electron chi connectivity index (χ0n) is 14.8. The molecule has 7 nitrogen and oxygen atoms in total. The van der Waals surface area contributed by atoms with E-state index in [1.165, 1.54) is 0 Å². The molecule has 2 saturated heterocycles. The molecule has 0 aromatic rings. The van der Waals surface area contributed by atoms with Crippen molar-refractivity contribution in [3.05, 3.63) is 0 Å². The van der Waals surface area contributed by atoms with E-state index in [0.29, 0.717) is 31.6 Å². The Morgan fingerprint density at radius 2 is 1.92 bits per heavy atom. The van der Waals surface area contributed by atoms with E-state index in [4.69, 9.17) is 0 Å². The van der Waals surface area contributed by atoms with Gasteiger partial charge in [0.05, 0.1) is 0 Å². The monoisotopic (exact) mass is 336 g/mol. The summed E-state index contributed by atoms with van der Waals surface area (Å²) < 4.78 is 0. The van der Waals surface area contributed by atoms with Gasteiger partial charge in [-0.05, 0) is 43.4 Å². The maximum Gasteiger partial charge on any atom is 0.322 e. The van der Waals surface area contributed by atoms with E-state index in [1.807, 2.05) is 4.90 Å². The fourth-order valence-electron chi connectivity index (χ4n) is 4.59. The van der Waals surface area contributed by atoms with Crippen LogP contribution in [0.15, 0.2) is 0 Å². The number of urea groups is 2. The van der Waals surface area contributed by atoms with Gasteiger partial charge in [0, 0.05) is 19.1 Å². The van der Waals surface area contributed by atoms with Crippen LogP contribution < -0.4 is 16.0 Å². The minimum absolute atomic E-state index is 0.00418. The van der Waals surface area contributed by atoms with E-state index in [9.17, 15) is 14.4 Å². The summed E-state index contributed by atoms with van der Waals surface area (Å²) in [6.07, 6.45) is 3.67. The summed E-state index contributed by atoms with van der Waals surface area (Å²) in [4.78, 5) is 37.8. The van der Waals surface area contributed by atoms with Gasteiger partial charge in [0.1, 0.15) is 5.54 Å². The smallest absolute Gasteiger partial charge is 0.322 e. The quantitative estimate of drug-likeness (QED) is 0.635. The second-order valence-corrected chi connectivity index (χ2v) is 8.57. The number of likely N-dealkylation sites (tertiary alicyclic amines) is 1. The van der Waals surface area contributed by atoms with Gasteiger partial charge in [-0.1, -0.05) is 20.8 Å². The van der Waals surface area contributed by atoms with Crippen LogP contribution in [0.3, 0.4) is 0 Å². The van der Waals surface area contributed by atoms with Crippen molar-refractivity contribution in [1.29, 1.82) is 0 Å². The second kappa shape index (κ2) is 5.93. The third-order valence-corrected chi connectivity index (χ3v) is 5.52. The third kappa shape index (κ3) is 3.35. The largest absolute Gasteiger partial charge is 0.335 e. The van der Waals surface area contributed by atoms with Gasteiger partial charge in [-0.15, -0.1) is 0 Å². The number of carbonyl (C=O) groups excluding carboxylic acids is 3. The van der Waals surface area contributed by atoms with Gasteiger partial charge in [0.25, 0.3) is 5.91 Å². The summed E-state index contributed by atoms with van der Waals surface area (Å²) >= 11 is 0. The van der Waals surface area contributed by atoms with E-state index in [2.05, 4.69) is 36.7 Å². The molecule has 5 amide bonds. The topological polar surface area (TPSA) is 90.5 Å². The lowest BCUT2D eigenvalue weighted by atomic mass is 9.79. The number of amides is 5. The molecule has 134 valence electrons. The van der Waals surface area contributed by atoms with E-state index in [1.54, 1.807) is 0 Å². The molecule has 3 rings (SSSR count). The highest BCUT2D eigenvalue weighted by atomic mass is 16.2. The molecule has 3 N–H and O–H groups in total. The Bertz CT molecular complexity index is 552. The molecule has 3 fully saturated rings. The summed E-state index contributed by atoms with van der Waals surface area (Å²) in [6, 6.07) is -0.351. The molecule has 0 aromatic carbocycles. The van der Waals surface area contributed by atoms with Crippen LogP contribution in [0, 0.1) is 11.3 Å². The minimum Gasteiger partial charge on any atom is -0.335 e. The second-order valence-electron chi connectivity index (χ2n) is 8.57. The first-order valence-corrected chi connectivity index (χ1v) is 8.88. The van der Waals surface area contributed by atoms with Crippen molar-refractivity contribution >= 4 is 18.0 Å². The molecule has 1 unspecified atom stereocenters. The first-order chi connectivity index (χ1) is 11.2. The van der Waals surface area contributed by atoms with Crippen LogP contribution in [0.2, 0.25) is 0 Å². The first kappa shape index (κ1) is 17.0. The molecular weight excluding hydrogens is 308 g/mol. The molecule has 2 aliphatic heterocycles. The molecule has 1 aliphatic carbocycles. The van der Waals surface area contributed by atoms with Crippen molar-refractivity contribution in [3.63, 3.8) is 0 Å². The van der Waals surface area contributed by atoms with Crippen molar-refractivity contribution < 1.29 is 14.4 Å². The summed E-state index contributed by atoms with van der Waals surface area (Å²) in [5.74, 6) is 0.274. The van der Waals surface area contributed by atoms with Crippen LogP contribution in [0.1, 0.15) is 52.9 Å². The van der Waals surface area contributed by atoms with Crippen LogP contribution in [0.25, 0.3) is 0 Å². The van der Waals surface area contributed by atoms with Gasteiger partial charge < -0.3 is 15.5 Å². The van der Waals surface area contributed by atoms with E-state index in [-0.39, 0.29) is 23.4 Å². The number of hydrogen-bond acceptors (Lipinski definition) is 3. The van der Waals surface area contributed by atoms with Crippen LogP contribution in [-0.4, -0.2) is 47.5 Å². The summed E-state index contributed by atoms with van der Waals surface area (Å²) in [5.41, 5.74) is -0.613. The van der Waals surface area contributed by atoms with Gasteiger partial charge in [0.15, 0.2) is 0 Å². The number of nitrogens with one attached hydrogen (secondary N) is 3. The molecular formula is C17H28N4O3. The maximum atomic E-state index is 12.6. The zero-order chi connectivity index (χ0) is 17.5. The maximum absolute atomic E-state index is 12.6. The molecule has 1 spiro atoms. The molecule has 7 heteroatoms. The van der Waals surface area contributed by atoms with Crippen LogP contribution in [-0.2, 0) is 4.79 Å². The molecule has 3 aliphatic rings. The van der Waals surface area contributed by atoms with Gasteiger partial charge in [-0.3, -0.25) is 10.1 Å². The highest BCUT2D eigenvalue weighted by molar-refractivity contribution is 6.07. The normalized spacial score (nSPS) is 35.5. The lowest BCUT2D eigenvalue weighted by molar-refractivity contribution is -0.125. The average Bonchev–Trinajstić information content (AvgIpc) is 2.73. The molecule has 0 radical (unpaired) electrons. The number of hydrogen-bond donors (Lipinski definition) is 3. The number of rotatable bonds is 1. The SMILES string of the molecule is CC1CN(C(=O)NC2CCC3(CC2)NC(=O)NC3=O)CC(C)(C)C1. The van der Waals surface area contributed by atoms with Crippen molar-refractivity contribution in [3.8, 4) is 0 Å². The van der Waals surface area contributed by atoms with Crippen molar-refractivity contribution in [2.45, 2.75) is 64.5 Å². The summed E-state index contributed by atoms with van der Waals surface area (Å²) in [5, 5.41) is 8.19. The molecule has 0 bridgehead atoms.